The molecule has 1 heterocycles. The highest BCUT2D eigenvalue weighted by Crippen LogP contribution is 2.29. The van der Waals surface area contributed by atoms with Crippen LogP contribution >= 0.6 is 0 Å². The molecular weight excluding hydrogens is 336 g/mol. The second-order valence-corrected chi connectivity index (χ2v) is 7.02. The van der Waals surface area contributed by atoms with E-state index in [0.29, 0.717) is 38.5 Å². The molecule has 1 aromatic rings. The van der Waals surface area contributed by atoms with Crippen LogP contribution in [0, 0.1) is 0 Å². The van der Waals surface area contributed by atoms with Crippen molar-refractivity contribution in [3.63, 3.8) is 0 Å². The minimum absolute atomic E-state index is 0.122. The highest BCUT2D eigenvalue weighted by Gasteiger charge is 2.26. The van der Waals surface area contributed by atoms with E-state index in [1.807, 2.05) is 45.0 Å². The number of hydrogen-bond acceptors (Lipinski definition) is 6. The quantitative estimate of drug-likeness (QED) is 0.749. The first kappa shape index (κ1) is 19.9. The number of ether oxygens (including phenoxy) is 3. The minimum atomic E-state index is -0.498. The molecule has 1 aliphatic heterocycles. The number of carbonyl (C=O) groups excluding carboxylic acids is 2. The van der Waals surface area contributed by atoms with Gasteiger partial charge in [-0.15, -0.1) is 0 Å². The molecule has 0 N–H and O–H groups in total. The molecule has 0 aliphatic carbocycles. The van der Waals surface area contributed by atoms with Crippen LogP contribution in [0.5, 0.6) is 5.75 Å². The standard InChI is InChI=1S/C19H28N2O5/c1-5-24-17(22)14-25-16-9-7-6-8-15(16)20-10-12-21(13-11-20)18(23)26-19(2,3)4/h6-9H,5,10-14H2,1-4H3. The molecule has 0 aromatic heterocycles. The van der Waals surface area contributed by atoms with Crippen molar-refractivity contribution in [3.8, 4) is 5.75 Å². The molecule has 1 saturated heterocycles. The fourth-order valence-electron chi connectivity index (χ4n) is 2.64. The van der Waals surface area contributed by atoms with Gasteiger partial charge in [-0.2, -0.15) is 0 Å². The molecule has 0 unspecified atom stereocenters. The summed E-state index contributed by atoms with van der Waals surface area (Å²) in [7, 11) is 0. The number of hydrogen-bond donors (Lipinski definition) is 0. The average Bonchev–Trinajstić information content (AvgIpc) is 2.59. The fourth-order valence-corrected chi connectivity index (χ4v) is 2.64. The third kappa shape index (κ3) is 5.82. The summed E-state index contributed by atoms with van der Waals surface area (Å²) in [4.78, 5) is 27.5. The summed E-state index contributed by atoms with van der Waals surface area (Å²) in [5, 5.41) is 0. The van der Waals surface area contributed by atoms with Crippen molar-refractivity contribution < 1.29 is 23.8 Å². The van der Waals surface area contributed by atoms with Gasteiger partial charge in [0.1, 0.15) is 11.4 Å². The summed E-state index contributed by atoms with van der Waals surface area (Å²) in [6.07, 6.45) is -0.288. The first-order chi connectivity index (χ1) is 12.3. The van der Waals surface area contributed by atoms with E-state index in [1.165, 1.54) is 0 Å². The highest BCUT2D eigenvalue weighted by atomic mass is 16.6. The third-order valence-electron chi connectivity index (χ3n) is 3.79. The molecular formula is C19H28N2O5. The lowest BCUT2D eigenvalue weighted by atomic mass is 10.2. The van der Waals surface area contributed by atoms with Crippen LogP contribution in [0.2, 0.25) is 0 Å². The van der Waals surface area contributed by atoms with Crippen molar-refractivity contribution >= 4 is 17.7 Å². The second-order valence-electron chi connectivity index (χ2n) is 7.02. The van der Waals surface area contributed by atoms with E-state index in [1.54, 1.807) is 11.8 Å². The molecule has 0 bridgehead atoms. The number of carbonyl (C=O) groups is 2. The Bertz CT molecular complexity index is 619. The Labute approximate surface area is 154 Å². The Morgan fingerprint density at radius 1 is 1.08 bits per heavy atom. The summed E-state index contributed by atoms with van der Waals surface area (Å²) in [6, 6.07) is 7.56. The number of benzene rings is 1. The van der Waals surface area contributed by atoms with Gasteiger partial charge in [-0.25, -0.2) is 9.59 Å². The van der Waals surface area contributed by atoms with Gasteiger partial charge in [0.25, 0.3) is 0 Å². The molecule has 1 aliphatic rings. The number of rotatable bonds is 5. The summed E-state index contributed by atoms with van der Waals surface area (Å²) in [5.74, 6) is 0.239. The Balaban J connectivity index is 1.95. The second kappa shape index (κ2) is 8.78. The lowest BCUT2D eigenvalue weighted by Crippen LogP contribution is -2.50. The van der Waals surface area contributed by atoms with Gasteiger partial charge in [-0.3, -0.25) is 0 Å². The maximum absolute atomic E-state index is 12.2. The Hall–Kier alpha value is -2.44. The first-order valence-electron chi connectivity index (χ1n) is 8.90. The predicted octanol–water partition coefficient (Wildman–Crippen LogP) is 2.69. The number of anilines is 1. The van der Waals surface area contributed by atoms with Gasteiger partial charge >= 0.3 is 12.1 Å². The molecule has 7 nitrogen and oxygen atoms in total. The smallest absolute Gasteiger partial charge is 0.410 e. The monoisotopic (exact) mass is 364 g/mol. The van der Waals surface area contributed by atoms with Gasteiger partial charge in [0.05, 0.1) is 12.3 Å². The van der Waals surface area contributed by atoms with Gasteiger partial charge in [-0.05, 0) is 39.8 Å². The molecule has 144 valence electrons. The first-order valence-corrected chi connectivity index (χ1v) is 8.90. The van der Waals surface area contributed by atoms with Gasteiger partial charge in [0.15, 0.2) is 6.61 Å². The van der Waals surface area contributed by atoms with Gasteiger partial charge in [0, 0.05) is 26.2 Å². The largest absolute Gasteiger partial charge is 0.480 e. The van der Waals surface area contributed by atoms with Crippen LogP contribution in [0.3, 0.4) is 0 Å². The van der Waals surface area contributed by atoms with Crippen LogP contribution in [0.25, 0.3) is 0 Å². The van der Waals surface area contributed by atoms with Crippen LogP contribution in [-0.4, -0.2) is 62.0 Å². The molecule has 0 radical (unpaired) electrons. The molecule has 26 heavy (non-hydrogen) atoms. The number of esters is 1. The summed E-state index contributed by atoms with van der Waals surface area (Å²) >= 11 is 0. The van der Waals surface area contributed by atoms with E-state index in [9.17, 15) is 9.59 Å². The van der Waals surface area contributed by atoms with E-state index in [2.05, 4.69) is 4.90 Å². The van der Waals surface area contributed by atoms with Crippen LogP contribution in [0.1, 0.15) is 27.7 Å². The van der Waals surface area contributed by atoms with Gasteiger partial charge < -0.3 is 24.0 Å². The third-order valence-corrected chi connectivity index (χ3v) is 3.79. The Kier molecular flexibility index (Phi) is 6.71. The molecule has 0 saturated carbocycles. The number of nitrogens with zero attached hydrogens (tertiary/aromatic N) is 2. The number of piperazine rings is 1. The van der Waals surface area contributed by atoms with Crippen molar-refractivity contribution in [1.82, 2.24) is 4.90 Å². The van der Waals surface area contributed by atoms with E-state index < -0.39 is 11.6 Å². The topological polar surface area (TPSA) is 68.3 Å². The zero-order valence-electron chi connectivity index (χ0n) is 16.0. The molecule has 1 aromatic carbocycles. The molecule has 7 heteroatoms. The lowest BCUT2D eigenvalue weighted by Gasteiger charge is -2.37. The van der Waals surface area contributed by atoms with Crippen LogP contribution in [0.4, 0.5) is 10.5 Å². The normalized spacial score (nSPS) is 14.8. The summed E-state index contributed by atoms with van der Waals surface area (Å²) in [5.41, 5.74) is 0.405. The van der Waals surface area contributed by atoms with Gasteiger partial charge in [-0.1, -0.05) is 12.1 Å². The van der Waals surface area contributed by atoms with Crippen LogP contribution in [0.15, 0.2) is 24.3 Å². The number of amides is 1. The predicted molar refractivity (Wildman–Crippen MR) is 98.6 cm³/mol. The maximum Gasteiger partial charge on any atom is 0.410 e. The average molecular weight is 364 g/mol. The van der Waals surface area contributed by atoms with E-state index in [-0.39, 0.29) is 12.7 Å². The van der Waals surface area contributed by atoms with Crippen LogP contribution in [-0.2, 0) is 14.3 Å². The van der Waals surface area contributed by atoms with Crippen molar-refractivity contribution in [1.29, 1.82) is 0 Å². The van der Waals surface area contributed by atoms with Crippen molar-refractivity contribution in [2.45, 2.75) is 33.3 Å². The molecule has 1 fully saturated rings. The molecule has 0 spiro atoms. The molecule has 2 rings (SSSR count). The Morgan fingerprint density at radius 3 is 2.35 bits per heavy atom. The maximum atomic E-state index is 12.2. The molecule has 0 atom stereocenters. The fraction of sp³-hybridized carbons (Fsp3) is 0.579. The van der Waals surface area contributed by atoms with E-state index in [0.717, 1.165) is 5.69 Å². The SMILES string of the molecule is CCOC(=O)COc1ccccc1N1CCN(C(=O)OC(C)(C)C)CC1. The highest BCUT2D eigenvalue weighted by molar-refractivity contribution is 5.72. The summed E-state index contributed by atoms with van der Waals surface area (Å²) in [6.45, 7) is 10.0. The van der Waals surface area contributed by atoms with Crippen molar-refractivity contribution in [3.05, 3.63) is 24.3 Å². The van der Waals surface area contributed by atoms with E-state index >= 15 is 0 Å². The zero-order valence-corrected chi connectivity index (χ0v) is 16.0. The molecule has 1 amide bonds. The minimum Gasteiger partial charge on any atom is -0.480 e. The van der Waals surface area contributed by atoms with Gasteiger partial charge in [0.2, 0.25) is 0 Å². The van der Waals surface area contributed by atoms with Crippen molar-refractivity contribution in [2.24, 2.45) is 0 Å². The summed E-state index contributed by atoms with van der Waals surface area (Å²) < 4.78 is 15.9. The Morgan fingerprint density at radius 2 is 1.73 bits per heavy atom. The zero-order chi connectivity index (χ0) is 19.2. The van der Waals surface area contributed by atoms with Crippen LogP contribution < -0.4 is 9.64 Å². The lowest BCUT2D eigenvalue weighted by molar-refractivity contribution is -0.145. The number of para-hydroxylation sites is 2. The van der Waals surface area contributed by atoms with Crippen molar-refractivity contribution in [2.75, 3.05) is 44.3 Å². The van der Waals surface area contributed by atoms with E-state index in [4.69, 9.17) is 14.2 Å².